The highest BCUT2D eigenvalue weighted by Gasteiger charge is 2.21. The number of ether oxygens (including phenoxy) is 1. The van der Waals surface area contributed by atoms with E-state index in [-0.39, 0.29) is 24.4 Å². The molecule has 0 aromatic heterocycles. The Hall–Kier alpha value is -2.37. The summed E-state index contributed by atoms with van der Waals surface area (Å²) in [5.41, 5.74) is 1.43. The molecule has 0 radical (unpaired) electrons. The molecular formula is C18H24N2O4. The second-order valence-electron chi connectivity index (χ2n) is 6.34. The minimum Gasteiger partial charge on any atom is -0.456 e. The Morgan fingerprint density at radius 2 is 1.96 bits per heavy atom. The predicted octanol–water partition coefficient (Wildman–Crippen LogP) is 2.73. The Morgan fingerprint density at radius 1 is 1.25 bits per heavy atom. The molecule has 0 bridgehead atoms. The number of hydrogen-bond donors (Lipinski definition) is 1. The molecule has 6 heteroatoms. The van der Waals surface area contributed by atoms with Crippen molar-refractivity contribution in [2.24, 2.45) is 5.92 Å². The first-order chi connectivity index (χ1) is 11.5. The van der Waals surface area contributed by atoms with Crippen molar-refractivity contribution in [3.63, 3.8) is 0 Å². The average Bonchev–Trinajstić information content (AvgIpc) is 2.98. The van der Waals surface area contributed by atoms with Gasteiger partial charge in [0.1, 0.15) is 0 Å². The Balaban J connectivity index is 1.77. The molecule has 0 atom stereocenters. The molecule has 0 aliphatic carbocycles. The molecule has 130 valence electrons. The number of esters is 1. The molecule has 1 aromatic rings. The second kappa shape index (κ2) is 8.47. The molecule has 2 amide bonds. The van der Waals surface area contributed by atoms with Gasteiger partial charge in [0.2, 0.25) is 5.91 Å². The molecule has 1 aromatic carbocycles. The number of carbonyl (C=O) groups is 3. The number of carbonyl (C=O) groups excluding carboxylic acids is 3. The lowest BCUT2D eigenvalue weighted by molar-refractivity contribution is -0.147. The van der Waals surface area contributed by atoms with Gasteiger partial charge in [0, 0.05) is 30.8 Å². The molecule has 1 fully saturated rings. The fourth-order valence-electron chi connectivity index (χ4n) is 2.47. The van der Waals surface area contributed by atoms with E-state index in [0.717, 1.165) is 25.1 Å². The van der Waals surface area contributed by atoms with Gasteiger partial charge in [-0.3, -0.25) is 14.4 Å². The summed E-state index contributed by atoms with van der Waals surface area (Å²) in [4.78, 5) is 36.7. The maximum absolute atomic E-state index is 11.8. The van der Waals surface area contributed by atoms with Crippen molar-refractivity contribution < 1.29 is 19.1 Å². The van der Waals surface area contributed by atoms with E-state index in [2.05, 4.69) is 5.32 Å². The van der Waals surface area contributed by atoms with Crippen LogP contribution in [0.4, 0.5) is 11.4 Å². The molecule has 1 aliphatic heterocycles. The van der Waals surface area contributed by atoms with Crippen molar-refractivity contribution >= 4 is 29.2 Å². The van der Waals surface area contributed by atoms with Gasteiger partial charge in [-0.25, -0.2) is 0 Å². The molecule has 1 N–H and O–H groups in total. The van der Waals surface area contributed by atoms with E-state index in [1.165, 1.54) is 0 Å². The van der Waals surface area contributed by atoms with Gasteiger partial charge < -0.3 is 15.0 Å². The van der Waals surface area contributed by atoms with Crippen LogP contribution in [0.15, 0.2) is 24.3 Å². The van der Waals surface area contributed by atoms with E-state index in [9.17, 15) is 14.4 Å². The van der Waals surface area contributed by atoms with Crippen LogP contribution in [-0.4, -0.2) is 30.9 Å². The zero-order chi connectivity index (χ0) is 17.5. The highest BCUT2D eigenvalue weighted by molar-refractivity contribution is 5.96. The number of nitrogens with one attached hydrogen (secondary N) is 1. The molecule has 1 aliphatic rings. The van der Waals surface area contributed by atoms with Gasteiger partial charge in [-0.2, -0.15) is 0 Å². The zero-order valence-electron chi connectivity index (χ0n) is 14.2. The van der Waals surface area contributed by atoms with Crippen molar-refractivity contribution in [1.29, 1.82) is 0 Å². The molecule has 1 saturated heterocycles. The van der Waals surface area contributed by atoms with Crippen molar-refractivity contribution in [3.8, 4) is 0 Å². The normalized spacial score (nSPS) is 14.1. The predicted molar refractivity (Wildman–Crippen MR) is 91.7 cm³/mol. The first-order valence-electron chi connectivity index (χ1n) is 8.31. The van der Waals surface area contributed by atoms with Crippen LogP contribution in [0.2, 0.25) is 0 Å². The maximum atomic E-state index is 11.8. The number of rotatable bonds is 7. The molecule has 0 unspecified atom stereocenters. The van der Waals surface area contributed by atoms with E-state index < -0.39 is 0 Å². The number of amides is 2. The summed E-state index contributed by atoms with van der Waals surface area (Å²) in [7, 11) is 0. The zero-order valence-corrected chi connectivity index (χ0v) is 14.2. The Morgan fingerprint density at radius 3 is 2.54 bits per heavy atom. The van der Waals surface area contributed by atoms with E-state index in [1.54, 1.807) is 29.2 Å². The SMILES string of the molecule is CC(C)CCC(=O)OCC(=O)Nc1ccc(N2CCCC2=O)cc1. The van der Waals surface area contributed by atoms with Gasteiger partial charge in [-0.1, -0.05) is 13.8 Å². The summed E-state index contributed by atoms with van der Waals surface area (Å²) in [6.45, 7) is 4.50. The quantitative estimate of drug-likeness (QED) is 0.779. The smallest absolute Gasteiger partial charge is 0.306 e. The molecule has 0 spiro atoms. The van der Waals surface area contributed by atoms with E-state index in [4.69, 9.17) is 4.74 Å². The lowest BCUT2D eigenvalue weighted by Gasteiger charge is -2.16. The van der Waals surface area contributed by atoms with Gasteiger partial charge in [-0.05, 0) is 43.0 Å². The lowest BCUT2D eigenvalue weighted by atomic mass is 10.1. The van der Waals surface area contributed by atoms with E-state index in [1.807, 2.05) is 13.8 Å². The minimum absolute atomic E-state index is 0.125. The van der Waals surface area contributed by atoms with Gasteiger partial charge in [-0.15, -0.1) is 0 Å². The van der Waals surface area contributed by atoms with Crippen LogP contribution in [0.3, 0.4) is 0 Å². The fraction of sp³-hybridized carbons (Fsp3) is 0.500. The van der Waals surface area contributed by atoms with Crippen LogP contribution < -0.4 is 10.2 Å². The monoisotopic (exact) mass is 332 g/mol. The number of nitrogens with zero attached hydrogens (tertiary/aromatic N) is 1. The lowest BCUT2D eigenvalue weighted by Crippen LogP contribution is -2.23. The highest BCUT2D eigenvalue weighted by Crippen LogP contribution is 2.22. The van der Waals surface area contributed by atoms with Gasteiger partial charge in [0.15, 0.2) is 6.61 Å². The number of anilines is 2. The van der Waals surface area contributed by atoms with E-state index >= 15 is 0 Å². The minimum atomic E-state index is -0.377. The van der Waals surface area contributed by atoms with Crippen LogP contribution >= 0.6 is 0 Å². The standard InChI is InChI=1S/C18H24N2O4/c1-13(2)5-10-18(23)24-12-16(21)19-14-6-8-15(9-7-14)20-11-3-4-17(20)22/h6-9,13H,3-5,10-12H2,1-2H3,(H,19,21). The first-order valence-corrected chi connectivity index (χ1v) is 8.31. The van der Waals surface area contributed by atoms with Gasteiger partial charge in [0.25, 0.3) is 5.91 Å². The summed E-state index contributed by atoms with van der Waals surface area (Å²) in [5.74, 6) is -0.188. The average molecular weight is 332 g/mol. The second-order valence-corrected chi connectivity index (χ2v) is 6.34. The highest BCUT2D eigenvalue weighted by atomic mass is 16.5. The van der Waals surface area contributed by atoms with Crippen LogP contribution in [0.25, 0.3) is 0 Å². The van der Waals surface area contributed by atoms with Crippen LogP contribution in [0, 0.1) is 5.92 Å². The topological polar surface area (TPSA) is 75.7 Å². The van der Waals surface area contributed by atoms with Crippen molar-refractivity contribution in [2.75, 3.05) is 23.4 Å². The summed E-state index contributed by atoms with van der Waals surface area (Å²) >= 11 is 0. The van der Waals surface area contributed by atoms with Crippen LogP contribution in [0.1, 0.15) is 39.5 Å². The van der Waals surface area contributed by atoms with E-state index in [0.29, 0.717) is 24.4 Å². The summed E-state index contributed by atoms with van der Waals surface area (Å²) in [6.07, 6.45) is 2.53. The number of hydrogen-bond acceptors (Lipinski definition) is 4. The van der Waals surface area contributed by atoms with Gasteiger partial charge >= 0.3 is 5.97 Å². The number of benzene rings is 1. The summed E-state index contributed by atoms with van der Waals surface area (Å²) in [5, 5.41) is 2.67. The summed E-state index contributed by atoms with van der Waals surface area (Å²) in [6, 6.07) is 7.07. The van der Waals surface area contributed by atoms with Gasteiger partial charge in [0.05, 0.1) is 0 Å². The Kier molecular flexibility index (Phi) is 6.35. The Bertz CT molecular complexity index is 596. The summed E-state index contributed by atoms with van der Waals surface area (Å²) < 4.78 is 4.94. The van der Waals surface area contributed by atoms with Crippen molar-refractivity contribution in [3.05, 3.63) is 24.3 Å². The fourth-order valence-corrected chi connectivity index (χ4v) is 2.47. The molecule has 24 heavy (non-hydrogen) atoms. The third-order valence-corrected chi connectivity index (χ3v) is 3.83. The maximum Gasteiger partial charge on any atom is 0.306 e. The largest absolute Gasteiger partial charge is 0.456 e. The first kappa shape index (κ1) is 18.0. The molecule has 1 heterocycles. The molecule has 6 nitrogen and oxygen atoms in total. The molecule has 0 saturated carbocycles. The molecule has 2 rings (SSSR count). The third-order valence-electron chi connectivity index (χ3n) is 3.83. The Labute approximate surface area is 142 Å². The molecular weight excluding hydrogens is 308 g/mol. The van der Waals surface area contributed by atoms with Crippen LogP contribution in [0.5, 0.6) is 0 Å². The van der Waals surface area contributed by atoms with Crippen molar-refractivity contribution in [2.45, 2.75) is 39.5 Å². The third kappa shape index (κ3) is 5.37. The van der Waals surface area contributed by atoms with Crippen molar-refractivity contribution in [1.82, 2.24) is 0 Å². The van der Waals surface area contributed by atoms with Crippen LogP contribution in [-0.2, 0) is 19.1 Å².